The number of likely N-dealkylation sites (tertiary alicyclic amines) is 1. The molecule has 1 saturated heterocycles. The zero-order valence-electron chi connectivity index (χ0n) is 11.2. The van der Waals surface area contributed by atoms with Gasteiger partial charge in [0.05, 0.1) is 0 Å². The summed E-state index contributed by atoms with van der Waals surface area (Å²) < 4.78 is 0. The molecule has 0 aliphatic carbocycles. The van der Waals surface area contributed by atoms with Crippen LogP contribution >= 0.6 is 0 Å². The minimum atomic E-state index is -0.882. The fourth-order valence-electron chi connectivity index (χ4n) is 2.43. The standard InChI is InChI=1S/C13H21NO4/c1-8(2)4-10(6-12(16)17)7-14-11(15)5-9(3)13(14)18/h8-10H,4-7H2,1-3H3,(H,16,17). The van der Waals surface area contributed by atoms with E-state index in [4.69, 9.17) is 5.11 Å². The zero-order chi connectivity index (χ0) is 13.9. The Morgan fingerprint density at radius 1 is 1.44 bits per heavy atom. The van der Waals surface area contributed by atoms with Crippen LogP contribution in [0.15, 0.2) is 0 Å². The van der Waals surface area contributed by atoms with Crippen molar-refractivity contribution in [1.82, 2.24) is 4.90 Å². The maximum atomic E-state index is 11.8. The van der Waals surface area contributed by atoms with Crippen molar-refractivity contribution in [2.45, 2.75) is 40.0 Å². The van der Waals surface area contributed by atoms with E-state index in [9.17, 15) is 14.4 Å². The van der Waals surface area contributed by atoms with E-state index >= 15 is 0 Å². The van der Waals surface area contributed by atoms with Crippen molar-refractivity contribution in [3.63, 3.8) is 0 Å². The average Bonchev–Trinajstić information content (AvgIpc) is 2.43. The van der Waals surface area contributed by atoms with Gasteiger partial charge in [-0.25, -0.2) is 0 Å². The number of nitrogens with zero attached hydrogens (tertiary/aromatic N) is 1. The van der Waals surface area contributed by atoms with Crippen LogP contribution in [0.1, 0.15) is 40.0 Å². The van der Waals surface area contributed by atoms with Crippen LogP contribution in [0.25, 0.3) is 0 Å². The molecule has 18 heavy (non-hydrogen) atoms. The third-order valence-corrected chi connectivity index (χ3v) is 3.18. The SMILES string of the molecule is CC(C)CC(CC(=O)O)CN1C(=O)CC(C)C1=O. The van der Waals surface area contributed by atoms with Crippen molar-refractivity contribution in [2.24, 2.45) is 17.8 Å². The maximum Gasteiger partial charge on any atom is 0.303 e. The lowest BCUT2D eigenvalue weighted by Gasteiger charge is -2.23. The Morgan fingerprint density at radius 3 is 2.44 bits per heavy atom. The van der Waals surface area contributed by atoms with Crippen LogP contribution in [0, 0.1) is 17.8 Å². The number of carboxylic acid groups (broad SMARTS) is 1. The molecule has 1 heterocycles. The minimum Gasteiger partial charge on any atom is -0.481 e. The Hall–Kier alpha value is -1.39. The highest BCUT2D eigenvalue weighted by Gasteiger charge is 2.36. The van der Waals surface area contributed by atoms with E-state index in [1.807, 2.05) is 13.8 Å². The molecule has 1 aliphatic rings. The highest BCUT2D eigenvalue weighted by molar-refractivity contribution is 6.03. The number of aliphatic carboxylic acids is 1. The molecule has 1 fully saturated rings. The van der Waals surface area contributed by atoms with Crippen LogP contribution in [-0.2, 0) is 14.4 Å². The summed E-state index contributed by atoms with van der Waals surface area (Å²) in [5.74, 6) is -1.29. The fraction of sp³-hybridized carbons (Fsp3) is 0.769. The second-order valence-electron chi connectivity index (χ2n) is 5.54. The average molecular weight is 255 g/mol. The van der Waals surface area contributed by atoms with E-state index in [-0.39, 0.29) is 43.0 Å². The summed E-state index contributed by atoms with van der Waals surface area (Å²) in [5, 5.41) is 8.87. The van der Waals surface area contributed by atoms with E-state index in [0.717, 1.165) is 0 Å². The van der Waals surface area contributed by atoms with Gasteiger partial charge in [0.1, 0.15) is 0 Å². The first-order valence-corrected chi connectivity index (χ1v) is 6.37. The Kier molecular flexibility index (Phi) is 4.87. The maximum absolute atomic E-state index is 11.8. The predicted molar refractivity (Wildman–Crippen MR) is 65.7 cm³/mol. The first-order valence-electron chi connectivity index (χ1n) is 6.37. The van der Waals surface area contributed by atoms with Gasteiger partial charge in [0.15, 0.2) is 0 Å². The van der Waals surface area contributed by atoms with Gasteiger partial charge in [0.2, 0.25) is 11.8 Å². The molecule has 0 spiro atoms. The zero-order valence-corrected chi connectivity index (χ0v) is 11.2. The number of carbonyl (C=O) groups excluding carboxylic acids is 2. The van der Waals surface area contributed by atoms with Crippen LogP contribution in [0.2, 0.25) is 0 Å². The molecule has 2 unspecified atom stereocenters. The molecular weight excluding hydrogens is 234 g/mol. The highest BCUT2D eigenvalue weighted by Crippen LogP contribution is 2.23. The summed E-state index contributed by atoms with van der Waals surface area (Å²) in [6.45, 7) is 5.98. The van der Waals surface area contributed by atoms with E-state index in [1.54, 1.807) is 6.92 Å². The molecule has 5 heteroatoms. The Morgan fingerprint density at radius 2 is 2.06 bits per heavy atom. The Bertz CT molecular complexity index is 351. The van der Waals surface area contributed by atoms with Gasteiger partial charge in [0.25, 0.3) is 0 Å². The van der Waals surface area contributed by atoms with Crippen molar-refractivity contribution in [3.05, 3.63) is 0 Å². The van der Waals surface area contributed by atoms with Crippen LogP contribution in [-0.4, -0.2) is 34.3 Å². The molecule has 0 aromatic heterocycles. The number of carboxylic acids is 1. The normalized spacial score (nSPS) is 21.8. The molecular formula is C13H21NO4. The third-order valence-electron chi connectivity index (χ3n) is 3.18. The van der Waals surface area contributed by atoms with Crippen molar-refractivity contribution in [3.8, 4) is 0 Å². The van der Waals surface area contributed by atoms with Gasteiger partial charge in [-0.1, -0.05) is 20.8 Å². The molecule has 1 rings (SSSR count). The first-order chi connectivity index (χ1) is 8.31. The van der Waals surface area contributed by atoms with Gasteiger partial charge in [-0.2, -0.15) is 0 Å². The molecule has 2 atom stereocenters. The second-order valence-corrected chi connectivity index (χ2v) is 5.54. The van der Waals surface area contributed by atoms with Gasteiger partial charge >= 0.3 is 5.97 Å². The lowest BCUT2D eigenvalue weighted by molar-refractivity contribution is -0.143. The number of carbonyl (C=O) groups is 3. The van der Waals surface area contributed by atoms with Crippen molar-refractivity contribution in [1.29, 1.82) is 0 Å². The van der Waals surface area contributed by atoms with Gasteiger partial charge in [0, 0.05) is 25.3 Å². The lowest BCUT2D eigenvalue weighted by atomic mass is 9.93. The van der Waals surface area contributed by atoms with E-state index in [1.165, 1.54) is 4.90 Å². The van der Waals surface area contributed by atoms with E-state index in [2.05, 4.69) is 0 Å². The van der Waals surface area contributed by atoms with Gasteiger partial charge < -0.3 is 5.11 Å². The smallest absolute Gasteiger partial charge is 0.303 e. The van der Waals surface area contributed by atoms with Gasteiger partial charge in [-0.15, -0.1) is 0 Å². The number of imide groups is 1. The second kappa shape index (κ2) is 5.98. The van der Waals surface area contributed by atoms with Gasteiger partial charge in [-0.3, -0.25) is 19.3 Å². The first kappa shape index (κ1) is 14.7. The Labute approximate surface area is 107 Å². The van der Waals surface area contributed by atoms with Crippen LogP contribution in [0.5, 0.6) is 0 Å². The summed E-state index contributed by atoms with van der Waals surface area (Å²) in [4.78, 5) is 35.5. The summed E-state index contributed by atoms with van der Waals surface area (Å²) in [5.41, 5.74) is 0. The molecule has 0 aromatic carbocycles. The molecule has 5 nitrogen and oxygen atoms in total. The predicted octanol–water partition coefficient (Wildman–Crippen LogP) is 1.52. The molecule has 2 amide bonds. The summed E-state index contributed by atoms with van der Waals surface area (Å²) in [6.07, 6.45) is 0.960. The molecule has 0 bridgehead atoms. The van der Waals surface area contributed by atoms with Gasteiger partial charge in [-0.05, 0) is 18.3 Å². The highest BCUT2D eigenvalue weighted by atomic mass is 16.4. The number of rotatable bonds is 6. The lowest BCUT2D eigenvalue weighted by Crippen LogP contribution is -2.36. The molecule has 0 radical (unpaired) electrons. The largest absolute Gasteiger partial charge is 0.481 e. The third kappa shape index (κ3) is 3.82. The monoisotopic (exact) mass is 255 g/mol. The topological polar surface area (TPSA) is 74.7 Å². The van der Waals surface area contributed by atoms with Crippen molar-refractivity contribution < 1.29 is 19.5 Å². The summed E-state index contributed by atoms with van der Waals surface area (Å²) in [6, 6.07) is 0. The molecule has 0 saturated carbocycles. The van der Waals surface area contributed by atoms with E-state index in [0.29, 0.717) is 12.3 Å². The molecule has 1 N–H and O–H groups in total. The van der Waals surface area contributed by atoms with Crippen molar-refractivity contribution in [2.75, 3.05) is 6.54 Å². The fourth-order valence-corrected chi connectivity index (χ4v) is 2.43. The molecule has 0 aromatic rings. The minimum absolute atomic E-state index is 0.00359. The summed E-state index contributed by atoms with van der Waals surface area (Å²) >= 11 is 0. The van der Waals surface area contributed by atoms with Crippen LogP contribution in [0.4, 0.5) is 0 Å². The summed E-state index contributed by atoms with van der Waals surface area (Å²) in [7, 11) is 0. The molecule has 102 valence electrons. The number of hydrogen-bond donors (Lipinski definition) is 1. The number of hydrogen-bond acceptors (Lipinski definition) is 3. The van der Waals surface area contributed by atoms with Crippen LogP contribution in [0.3, 0.4) is 0 Å². The quantitative estimate of drug-likeness (QED) is 0.730. The number of amides is 2. The van der Waals surface area contributed by atoms with Crippen LogP contribution < -0.4 is 0 Å². The van der Waals surface area contributed by atoms with E-state index < -0.39 is 5.97 Å². The Balaban J connectivity index is 2.67. The molecule has 1 aliphatic heterocycles. The van der Waals surface area contributed by atoms with Crippen molar-refractivity contribution >= 4 is 17.8 Å².